The van der Waals surface area contributed by atoms with Crippen molar-refractivity contribution in [1.82, 2.24) is 9.88 Å². The molecule has 1 saturated heterocycles. The van der Waals surface area contributed by atoms with Gasteiger partial charge in [-0.25, -0.2) is 0 Å². The second-order valence-corrected chi connectivity index (χ2v) is 7.74. The molecule has 1 amide bonds. The van der Waals surface area contributed by atoms with Gasteiger partial charge in [-0.15, -0.1) is 0 Å². The normalized spacial score (nSPS) is 16.9. The van der Waals surface area contributed by atoms with Crippen LogP contribution in [0.1, 0.15) is 40.4 Å². The molecule has 1 atom stereocenters. The highest BCUT2D eigenvalue weighted by Crippen LogP contribution is 2.33. The molecule has 2 heterocycles. The molecule has 0 aliphatic carbocycles. The van der Waals surface area contributed by atoms with E-state index >= 15 is 0 Å². The van der Waals surface area contributed by atoms with Gasteiger partial charge in [-0.1, -0.05) is 24.3 Å². The first-order chi connectivity index (χ1) is 14.8. The molecule has 31 heavy (non-hydrogen) atoms. The van der Waals surface area contributed by atoms with E-state index in [4.69, 9.17) is 5.73 Å². The molecule has 160 valence electrons. The van der Waals surface area contributed by atoms with Crippen molar-refractivity contribution in [1.29, 1.82) is 0 Å². The molecule has 4 rings (SSSR count). The van der Waals surface area contributed by atoms with E-state index in [2.05, 4.69) is 4.98 Å². The number of carbonyl (C=O) groups is 1. The van der Waals surface area contributed by atoms with E-state index in [0.29, 0.717) is 35.6 Å². The Morgan fingerprint density at radius 2 is 1.81 bits per heavy atom. The number of nitrogens with two attached hydrogens (primary N) is 1. The highest BCUT2D eigenvalue weighted by Gasteiger charge is 2.31. The van der Waals surface area contributed by atoms with Crippen LogP contribution in [0.15, 0.2) is 66.7 Å². The zero-order valence-electron chi connectivity index (χ0n) is 16.8. The number of benzene rings is 2. The standard InChI is InChI=1S/C24H22F3N3O/c25-24(26,27)19-8-1-5-16(13-19)21-10-3-11-22(29-21)18-7-4-12-30(15-18)23(31)17-6-2-9-20(28)14-17/h1-3,5-6,8-11,13-14,18H,4,7,12,15,28H2/t18-/m0/s1. The molecule has 0 unspecified atom stereocenters. The van der Waals surface area contributed by atoms with Crippen LogP contribution < -0.4 is 5.73 Å². The Morgan fingerprint density at radius 3 is 2.58 bits per heavy atom. The maximum atomic E-state index is 13.1. The van der Waals surface area contributed by atoms with Crippen LogP contribution in [0, 0.1) is 0 Å². The fourth-order valence-electron chi connectivity index (χ4n) is 3.95. The van der Waals surface area contributed by atoms with Gasteiger partial charge in [0.05, 0.1) is 11.3 Å². The quantitative estimate of drug-likeness (QED) is 0.574. The Morgan fingerprint density at radius 1 is 1.03 bits per heavy atom. The summed E-state index contributed by atoms with van der Waals surface area (Å²) in [5.74, 6) is -0.0597. The summed E-state index contributed by atoms with van der Waals surface area (Å²) >= 11 is 0. The summed E-state index contributed by atoms with van der Waals surface area (Å²) in [4.78, 5) is 19.3. The molecule has 0 saturated carbocycles. The third-order valence-corrected chi connectivity index (χ3v) is 5.52. The zero-order valence-corrected chi connectivity index (χ0v) is 16.8. The van der Waals surface area contributed by atoms with Gasteiger partial charge in [-0.2, -0.15) is 13.2 Å². The first-order valence-corrected chi connectivity index (χ1v) is 10.1. The molecular formula is C24H22F3N3O. The Bertz CT molecular complexity index is 1100. The number of alkyl halides is 3. The molecule has 3 aromatic rings. The molecule has 4 nitrogen and oxygen atoms in total. The number of rotatable bonds is 3. The maximum Gasteiger partial charge on any atom is 0.416 e. The lowest BCUT2D eigenvalue weighted by Gasteiger charge is -2.32. The number of hydrogen-bond donors (Lipinski definition) is 1. The van der Waals surface area contributed by atoms with E-state index in [9.17, 15) is 18.0 Å². The molecule has 7 heteroatoms. The molecule has 1 aliphatic heterocycles. The van der Waals surface area contributed by atoms with Crippen molar-refractivity contribution in [2.45, 2.75) is 24.9 Å². The number of likely N-dealkylation sites (tertiary alicyclic amines) is 1. The number of halogens is 3. The van der Waals surface area contributed by atoms with Crippen LogP contribution in [0.3, 0.4) is 0 Å². The van der Waals surface area contributed by atoms with E-state index in [1.54, 1.807) is 47.4 Å². The van der Waals surface area contributed by atoms with Crippen LogP contribution in [0.25, 0.3) is 11.3 Å². The maximum absolute atomic E-state index is 13.1. The van der Waals surface area contributed by atoms with Crippen LogP contribution in [-0.4, -0.2) is 28.9 Å². The highest BCUT2D eigenvalue weighted by molar-refractivity contribution is 5.95. The minimum absolute atomic E-state index is 0.0181. The minimum atomic E-state index is -4.40. The van der Waals surface area contributed by atoms with Gasteiger partial charge in [0.25, 0.3) is 5.91 Å². The van der Waals surface area contributed by atoms with Gasteiger partial charge in [0.15, 0.2) is 0 Å². The van der Waals surface area contributed by atoms with E-state index in [0.717, 1.165) is 30.7 Å². The number of nitrogens with zero attached hydrogens (tertiary/aromatic N) is 2. The minimum Gasteiger partial charge on any atom is -0.399 e. The molecule has 0 radical (unpaired) electrons. The van der Waals surface area contributed by atoms with E-state index in [1.807, 2.05) is 6.07 Å². The monoisotopic (exact) mass is 425 g/mol. The first-order valence-electron chi connectivity index (χ1n) is 10.1. The highest BCUT2D eigenvalue weighted by atomic mass is 19.4. The Balaban J connectivity index is 1.56. The molecule has 1 aromatic heterocycles. The summed E-state index contributed by atoms with van der Waals surface area (Å²) in [6, 6.07) is 17.5. The molecule has 0 spiro atoms. The van der Waals surface area contributed by atoms with Gasteiger partial charge in [0, 0.05) is 41.5 Å². The van der Waals surface area contributed by atoms with E-state index in [1.165, 1.54) is 6.07 Å². The predicted octanol–water partition coefficient (Wildman–Crippen LogP) is 5.37. The lowest BCUT2D eigenvalue weighted by atomic mass is 9.93. The van der Waals surface area contributed by atoms with Gasteiger partial charge >= 0.3 is 6.18 Å². The summed E-state index contributed by atoms with van der Waals surface area (Å²) in [6.07, 6.45) is -2.72. The van der Waals surface area contributed by atoms with Crippen molar-refractivity contribution in [2.24, 2.45) is 0 Å². The molecule has 2 aromatic carbocycles. The van der Waals surface area contributed by atoms with Crippen molar-refractivity contribution < 1.29 is 18.0 Å². The smallest absolute Gasteiger partial charge is 0.399 e. The summed E-state index contributed by atoms with van der Waals surface area (Å²) in [5.41, 5.74) is 7.87. The van der Waals surface area contributed by atoms with Gasteiger partial charge in [-0.05, 0) is 55.3 Å². The van der Waals surface area contributed by atoms with Gasteiger partial charge < -0.3 is 10.6 Å². The predicted molar refractivity (Wildman–Crippen MR) is 113 cm³/mol. The van der Waals surface area contributed by atoms with Crippen LogP contribution in [0.4, 0.5) is 18.9 Å². The number of aromatic nitrogens is 1. The number of nitrogen functional groups attached to an aromatic ring is 1. The van der Waals surface area contributed by atoms with Crippen molar-refractivity contribution in [3.05, 3.63) is 83.6 Å². The number of pyridine rings is 1. The first kappa shape index (κ1) is 20.9. The SMILES string of the molecule is Nc1cccc(C(=O)N2CCC[C@H](c3cccc(-c4cccc(C(F)(F)F)c4)n3)C2)c1. The Labute approximate surface area is 178 Å². The molecule has 1 aliphatic rings. The topological polar surface area (TPSA) is 59.2 Å². The van der Waals surface area contributed by atoms with Gasteiger partial charge in [0.1, 0.15) is 0 Å². The fraction of sp³-hybridized carbons (Fsp3) is 0.250. The van der Waals surface area contributed by atoms with Crippen LogP contribution in [-0.2, 0) is 6.18 Å². The Kier molecular flexibility index (Phi) is 5.67. The summed E-state index contributed by atoms with van der Waals surface area (Å²) in [7, 11) is 0. The second kappa shape index (κ2) is 8.41. The summed E-state index contributed by atoms with van der Waals surface area (Å²) in [6.45, 7) is 1.16. The third-order valence-electron chi connectivity index (χ3n) is 5.52. The molecule has 2 N–H and O–H groups in total. The lowest BCUT2D eigenvalue weighted by molar-refractivity contribution is -0.137. The van der Waals surface area contributed by atoms with Crippen LogP contribution in [0.5, 0.6) is 0 Å². The van der Waals surface area contributed by atoms with Crippen molar-refractivity contribution in [3.8, 4) is 11.3 Å². The summed E-state index contributed by atoms with van der Waals surface area (Å²) in [5, 5.41) is 0. The largest absolute Gasteiger partial charge is 0.416 e. The average Bonchev–Trinajstić information content (AvgIpc) is 2.78. The number of anilines is 1. The third kappa shape index (κ3) is 4.71. The van der Waals surface area contributed by atoms with Crippen molar-refractivity contribution in [2.75, 3.05) is 18.8 Å². The number of carbonyl (C=O) groups excluding carboxylic acids is 1. The number of amides is 1. The number of piperidine rings is 1. The van der Waals surface area contributed by atoms with Crippen LogP contribution in [0.2, 0.25) is 0 Å². The number of hydrogen-bond acceptors (Lipinski definition) is 3. The van der Waals surface area contributed by atoms with Crippen molar-refractivity contribution in [3.63, 3.8) is 0 Å². The molecule has 0 bridgehead atoms. The lowest BCUT2D eigenvalue weighted by Crippen LogP contribution is -2.39. The van der Waals surface area contributed by atoms with Crippen molar-refractivity contribution >= 4 is 11.6 Å². The van der Waals surface area contributed by atoms with Gasteiger partial charge in [-0.3, -0.25) is 9.78 Å². The summed E-state index contributed by atoms with van der Waals surface area (Å²) < 4.78 is 39.2. The zero-order chi connectivity index (χ0) is 22.0. The molecular weight excluding hydrogens is 403 g/mol. The average molecular weight is 425 g/mol. The van der Waals surface area contributed by atoms with Gasteiger partial charge in [0.2, 0.25) is 0 Å². The Hall–Kier alpha value is -3.35. The second-order valence-electron chi connectivity index (χ2n) is 7.74. The molecule has 1 fully saturated rings. The van der Waals surface area contributed by atoms with Crippen LogP contribution >= 0.6 is 0 Å². The van der Waals surface area contributed by atoms with E-state index < -0.39 is 11.7 Å². The fourth-order valence-corrected chi connectivity index (χ4v) is 3.95. The van der Waals surface area contributed by atoms with E-state index in [-0.39, 0.29) is 11.8 Å².